The SMILES string of the molecule is CC(C)(C)NN1C(=O)CCc2cccnc21. The highest BCUT2D eigenvalue weighted by Gasteiger charge is 2.28. The third-order valence-corrected chi connectivity index (χ3v) is 2.38. The summed E-state index contributed by atoms with van der Waals surface area (Å²) in [6.45, 7) is 6.08. The van der Waals surface area contributed by atoms with Crippen molar-refractivity contribution in [2.75, 3.05) is 5.01 Å². The fourth-order valence-corrected chi connectivity index (χ4v) is 1.75. The molecule has 2 rings (SSSR count). The predicted molar refractivity (Wildman–Crippen MR) is 62.9 cm³/mol. The van der Waals surface area contributed by atoms with Crippen LogP contribution in [0.15, 0.2) is 18.3 Å². The Hall–Kier alpha value is -1.42. The molecule has 0 saturated carbocycles. The van der Waals surface area contributed by atoms with Crippen LogP contribution in [0.4, 0.5) is 5.82 Å². The van der Waals surface area contributed by atoms with Crippen molar-refractivity contribution in [3.05, 3.63) is 23.9 Å². The first kappa shape index (κ1) is 11.1. The van der Waals surface area contributed by atoms with E-state index in [9.17, 15) is 4.79 Å². The Morgan fingerprint density at radius 1 is 1.38 bits per heavy atom. The zero-order valence-corrected chi connectivity index (χ0v) is 9.95. The summed E-state index contributed by atoms with van der Waals surface area (Å²) >= 11 is 0. The van der Waals surface area contributed by atoms with Gasteiger partial charge in [-0.2, -0.15) is 0 Å². The molecule has 0 saturated heterocycles. The van der Waals surface area contributed by atoms with Crippen molar-refractivity contribution < 1.29 is 4.79 Å². The van der Waals surface area contributed by atoms with Crippen molar-refractivity contribution in [1.29, 1.82) is 0 Å². The highest BCUT2D eigenvalue weighted by Crippen LogP contribution is 2.24. The molecule has 0 bridgehead atoms. The number of carbonyl (C=O) groups is 1. The molecule has 0 aromatic carbocycles. The van der Waals surface area contributed by atoms with Crippen LogP contribution in [0.3, 0.4) is 0 Å². The maximum atomic E-state index is 11.9. The van der Waals surface area contributed by atoms with Crippen LogP contribution < -0.4 is 10.4 Å². The first-order valence-corrected chi connectivity index (χ1v) is 5.52. The number of nitrogens with zero attached hydrogens (tertiary/aromatic N) is 2. The average molecular weight is 219 g/mol. The quantitative estimate of drug-likeness (QED) is 0.781. The second-order valence-electron chi connectivity index (χ2n) is 5.08. The zero-order valence-electron chi connectivity index (χ0n) is 9.95. The molecule has 1 aliphatic heterocycles. The van der Waals surface area contributed by atoms with E-state index in [0.29, 0.717) is 6.42 Å². The van der Waals surface area contributed by atoms with Crippen LogP contribution in [-0.2, 0) is 11.2 Å². The maximum Gasteiger partial charge on any atom is 0.243 e. The van der Waals surface area contributed by atoms with E-state index >= 15 is 0 Å². The number of rotatable bonds is 1. The van der Waals surface area contributed by atoms with Gasteiger partial charge >= 0.3 is 0 Å². The van der Waals surface area contributed by atoms with Crippen molar-refractivity contribution in [3.8, 4) is 0 Å². The molecule has 4 heteroatoms. The lowest BCUT2D eigenvalue weighted by Gasteiger charge is -2.34. The summed E-state index contributed by atoms with van der Waals surface area (Å²) in [6, 6.07) is 3.93. The van der Waals surface area contributed by atoms with Crippen molar-refractivity contribution in [2.45, 2.75) is 39.2 Å². The summed E-state index contributed by atoms with van der Waals surface area (Å²) in [5.74, 6) is 0.829. The van der Waals surface area contributed by atoms with Crippen LogP contribution >= 0.6 is 0 Å². The Morgan fingerprint density at radius 2 is 2.12 bits per heavy atom. The Labute approximate surface area is 95.6 Å². The van der Waals surface area contributed by atoms with Crippen LogP contribution in [0.2, 0.25) is 0 Å². The molecular weight excluding hydrogens is 202 g/mol. The minimum atomic E-state index is -0.151. The number of aryl methyl sites for hydroxylation is 1. The van der Waals surface area contributed by atoms with Crippen molar-refractivity contribution in [3.63, 3.8) is 0 Å². The third kappa shape index (κ3) is 2.22. The molecule has 1 N–H and O–H groups in total. The Bertz CT molecular complexity index is 409. The summed E-state index contributed by atoms with van der Waals surface area (Å²) in [5, 5.41) is 1.58. The summed E-state index contributed by atoms with van der Waals surface area (Å²) in [7, 11) is 0. The average Bonchev–Trinajstić information content (AvgIpc) is 2.21. The van der Waals surface area contributed by atoms with E-state index in [-0.39, 0.29) is 11.4 Å². The molecule has 1 aromatic rings. The lowest BCUT2D eigenvalue weighted by atomic mass is 10.1. The number of fused-ring (bicyclic) bond motifs is 1. The molecule has 4 nitrogen and oxygen atoms in total. The smallest absolute Gasteiger partial charge is 0.243 e. The number of nitrogens with one attached hydrogen (secondary N) is 1. The zero-order chi connectivity index (χ0) is 11.8. The van der Waals surface area contributed by atoms with Gasteiger partial charge in [-0.15, -0.1) is 0 Å². The summed E-state index contributed by atoms with van der Waals surface area (Å²) in [4.78, 5) is 16.1. The Kier molecular flexibility index (Phi) is 2.68. The molecule has 86 valence electrons. The molecule has 1 aliphatic rings. The van der Waals surface area contributed by atoms with Crippen LogP contribution in [-0.4, -0.2) is 16.4 Å². The number of aromatic nitrogens is 1. The summed E-state index contributed by atoms with van der Waals surface area (Å²) in [5.41, 5.74) is 4.16. The van der Waals surface area contributed by atoms with Gasteiger partial charge in [-0.05, 0) is 38.8 Å². The minimum Gasteiger partial charge on any atom is -0.273 e. The van der Waals surface area contributed by atoms with E-state index in [1.165, 1.54) is 0 Å². The molecule has 0 fully saturated rings. The monoisotopic (exact) mass is 219 g/mol. The fraction of sp³-hybridized carbons (Fsp3) is 0.500. The molecule has 0 unspecified atom stereocenters. The summed E-state index contributed by atoms with van der Waals surface area (Å²) in [6.07, 6.45) is 3.04. The van der Waals surface area contributed by atoms with Gasteiger partial charge in [-0.1, -0.05) is 6.07 Å². The number of hydrogen-bond acceptors (Lipinski definition) is 3. The van der Waals surface area contributed by atoms with Gasteiger partial charge in [0, 0.05) is 18.2 Å². The molecule has 16 heavy (non-hydrogen) atoms. The van der Waals surface area contributed by atoms with Gasteiger partial charge in [0.05, 0.1) is 0 Å². The molecule has 0 atom stereocenters. The van der Waals surface area contributed by atoms with Crippen LogP contribution in [0.1, 0.15) is 32.8 Å². The van der Waals surface area contributed by atoms with Gasteiger partial charge in [0.2, 0.25) is 5.91 Å². The lowest BCUT2D eigenvalue weighted by molar-refractivity contribution is -0.120. The molecule has 0 aliphatic carbocycles. The van der Waals surface area contributed by atoms with Gasteiger partial charge in [-0.3, -0.25) is 4.79 Å². The Morgan fingerprint density at radius 3 is 2.81 bits per heavy atom. The second-order valence-corrected chi connectivity index (χ2v) is 5.08. The number of anilines is 1. The topological polar surface area (TPSA) is 45.2 Å². The molecule has 2 heterocycles. The lowest BCUT2D eigenvalue weighted by Crippen LogP contribution is -2.54. The van der Waals surface area contributed by atoms with Crippen molar-refractivity contribution >= 4 is 11.7 Å². The van der Waals surface area contributed by atoms with E-state index in [1.807, 2.05) is 32.9 Å². The van der Waals surface area contributed by atoms with Gasteiger partial charge in [-0.25, -0.2) is 15.4 Å². The fourth-order valence-electron chi connectivity index (χ4n) is 1.75. The Balaban J connectivity index is 2.33. The molecule has 1 aromatic heterocycles. The predicted octanol–water partition coefficient (Wildman–Crippen LogP) is 1.66. The van der Waals surface area contributed by atoms with E-state index in [4.69, 9.17) is 0 Å². The number of hydrogen-bond donors (Lipinski definition) is 1. The number of hydrazine groups is 1. The van der Waals surface area contributed by atoms with Gasteiger partial charge < -0.3 is 0 Å². The standard InChI is InChI=1S/C12H17N3O/c1-12(2,3)14-15-10(16)7-6-9-5-4-8-13-11(9)15/h4-5,8,14H,6-7H2,1-3H3. The highest BCUT2D eigenvalue weighted by molar-refractivity contribution is 5.94. The van der Waals surface area contributed by atoms with Crippen LogP contribution in [0, 0.1) is 0 Å². The number of amides is 1. The van der Waals surface area contributed by atoms with E-state index in [1.54, 1.807) is 11.2 Å². The molecule has 0 radical (unpaired) electrons. The van der Waals surface area contributed by atoms with Crippen molar-refractivity contribution in [1.82, 2.24) is 10.4 Å². The van der Waals surface area contributed by atoms with Crippen LogP contribution in [0.5, 0.6) is 0 Å². The number of pyridine rings is 1. The largest absolute Gasteiger partial charge is 0.273 e. The minimum absolute atomic E-state index is 0.0844. The normalized spacial score (nSPS) is 16.2. The van der Waals surface area contributed by atoms with Gasteiger partial charge in [0.15, 0.2) is 5.82 Å². The van der Waals surface area contributed by atoms with E-state index in [0.717, 1.165) is 17.8 Å². The third-order valence-electron chi connectivity index (χ3n) is 2.38. The summed E-state index contributed by atoms with van der Waals surface area (Å²) < 4.78 is 0. The van der Waals surface area contributed by atoms with Crippen LogP contribution in [0.25, 0.3) is 0 Å². The van der Waals surface area contributed by atoms with Crippen molar-refractivity contribution in [2.24, 2.45) is 0 Å². The maximum absolute atomic E-state index is 11.9. The first-order valence-electron chi connectivity index (χ1n) is 5.52. The molecule has 1 amide bonds. The van der Waals surface area contributed by atoms with E-state index in [2.05, 4.69) is 10.4 Å². The number of carbonyl (C=O) groups excluding carboxylic acids is 1. The first-order chi connectivity index (χ1) is 7.47. The van der Waals surface area contributed by atoms with Gasteiger partial charge in [0.1, 0.15) is 0 Å². The van der Waals surface area contributed by atoms with E-state index < -0.39 is 0 Å². The second kappa shape index (κ2) is 3.87. The molecule has 0 spiro atoms. The molecular formula is C12H17N3O. The highest BCUT2D eigenvalue weighted by atomic mass is 16.2. The van der Waals surface area contributed by atoms with Gasteiger partial charge in [0.25, 0.3) is 0 Å².